The molecule has 0 spiro atoms. The van der Waals surface area contributed by atoms with Gasteiger partial charge in [-0.15, -0.1) is 0 Å². The first kappa shape index (κ1) is 14.0. The molecular formula is C17H15N7O. The highest BCUT2D eigenvalue weighted by Crippen LogP contribution is 2.35. The summed E-state index contributed by atoms with van der Waals surface area (Å²) in [4.78, 5) is 12.2. The van der Waals surface area contributed by atoms with Crippen LogP contribution in [0.25, 0.3) is 22.1 Å². The summed E-state index contributed by atoms with van der Waals surface area (Å²) >= 11 is 0. The van der Waals surface area contributed by atoms with Crippen molar-refractivity contribution in [2.24, 2.45) is 0 Å². The predicted molar refractivity (Wildman–Crippen MR) is 90.2 cm³/mol. The van der Waals surface area contributed by atoms with Gasteiger partial charge in [-0.2, -0.15) is 15.3 Å². The molecule has 1 aliphatic rings. The molecule has 0 unspecified atom stereocenters. The molecule has 0 amide bonds. The second-order valence-electron chi connectivity index (χ2n) is 6.21. The van der Waals surface area contributed by atoms with E-state index in [-0.39, 0.29) is 6.04 Å². The van der Waals surface area contributed by atoms with Crippen LogP contribution in [0.1, 0.15) is 23.9 Å². The van der Waals surface area contributed by atoms with E-state index in [9.17, 15) is 0 Å². The van der Waals surface area contributed by atoms with E-state index >= 15 is 0 Å². The number of rotatable bonds is 2. The highest BCUT2D eigenvalue weighted by Gasteiger charge is 2.27. The Morgan fingerprint density at radius 3 is 3.20 bits per heavy atom. The number of imidazole rings is 1. The molecule has 25 heavy (non-hydrogen) atoms. The maximum atomic E-state index is 9.08. The molecule has 124 valence electrons. The lowest BCUT2D eigenvalue weighted by atomic mass is 10.0. The predicted octanol–water partition coefficient (Wildman–Crippen LogP) is 2.18. The largest absolute Gasteiger partial charge is 0.468 e. The van der Waals surface area contributed by atoms with Gasteiger partial charge in [0, 0.05) is 17.3 Å². The Morgan fingerprint density at radius 2 is 2.36 bits per heavy atom. The summed E-state index contributed by atoms with van der Waals surface area (Å²) in [5.41, 5.74) is 4.23. The molecule has 8 nitrogen and oxygen atoms in total. The molecule has 1 N–H and O–H groups in total. The number of H-pyrrole nitrogens is 1. The fourth-order valence-electron chi connectivity index (χ4n) is 3.74. The first-order valence-electron chi connectivity index (χ1n) is 8.13. The normalized spacial score (nSPS) is 16.9. The molecule has 0 saturated carbocycles. The van der Waals surface area contributed by atoms with Crippen LogP contribution in [-0.2, 0) is 13.0 Å². The summed E-state index contributed by atoms with van der Waals surface area (Å²) in [6.07, 6.45) is 5.45. The summed E-state index contributed by atoms with van der Waals surface area (Å²) < 4.78 is 9.62. The number of fused-ring (bicyclic) bond motifs is 4. The number of ether oxygens (including phenoxy) is 1. The van der Waals surface area contributed by atoms with Crippen molar-refractivity contribution in [1.29, 1.82) is 5.26 Å². The molecule has 5 heterocycles. The number of methoxy groups -OCH3 is 1. The molecule has 0 aliphatic carbocycles. The first-order chi connectivity index (χ1) is 12.3. The maximum absolute atomic E-state index is 9.08. The lowest BCUT2D eigenvalue weighted by molar-refractivity contribution is 0.294. The summed E-state index contributed by atoms with van der Waals surface area (Å²) in [5.74, 6) is 0. The second kappa shape index (κ2) is 5.08. The minimum Gasteiger partial charge on any atom is -0.468 e. The third kappa shape index (κ3) is 1.96. The van der Waals surface area contributed by atoms with Crippen molar-refractivity contribution >= 4 is 22.1 Å². The summed E-state index contributed by atoms with van der Waals surface area (Å²) in [6, 6.07) is 6.73. The van der Waals surface area contributed by atoms with E-state index in [1.807, 2.05) is 23.0 Å². The topological polar surface area (TPSA) is 97.3 Å². The van der Waals surface area contributed by atoms with E-state index in [1.165, 1.54) is 0 Å². The zero-order valence-corrected chi connectivity index (χ0v) is 13.6. The molecule has 4 aromatic heterocycles. The molecule has 1 aliphatic heterocycles. The molecule has 8 heteroatoms. The molecular weight excluding hydrogens is 318 g/mol. The van der Waals surface area contributed by atoms with Crippen molar-refractivity contribution < 1.29 is 4.74 Å². The summed E-state index contributed by atoms with van der Waals surface area (Å²) in [6.45, 7) is 0.688. The first-order valence-corrected chi connectivity index (χ1v) is 8.13. The number of nitrogens with one attached hydrogen (secondary N) is 1. The van der Waals surface area contributed by atoms with Crippen LogP contribution in [0, 0.1) is 11.3 Å². The number of aromatic nitrogens is 6. The van der Waals surface area contributed by atoms with Crippen LogP contribution >= 0.6 is 0 Å². The van der Waals surface area contributed by atoms with Gasteiger partial charge < -0.3 is 9.72 Å². The van der Waals surface area contributed by atoms with Gasteiger partial charge in [-0.25, -0.2) is 4.98 Å². The lowest BCUT2D eigenvalue weighted by Crippen LogP contribution is -2.24. The molecule has 0 saturated heterocycles. The van der Waals surface area contributed by atoms with Crippen LogP contribution in [0.5, 0.6) is 6.01 Å². The Morgan fingerprint density at radius 1 is 1.44 bits per heavy atom. The minimum absolute atomic E-state index is 0.152. The number of hydrogen-bond donors (Lipinski definition) is 1. The Hall–Kier alpha value is -3.34. The Kier molecular flexibility index (Phi) is 2.85. The van der Waals surface area contributed by atoms with Crippen LogP contribution in [0.3, 0.4) is 0 Å². The zero-order valence-electron chi connectivity index (χ0n) is 13.6. The summed E-state index contributed by atoms with van der Waals surface area (Å²) in [7, 11) is 1.63. The monoisotopic (exact) mass is 333 g/mol. The summed E-state index contributed by atoms with van der Waals surface area (Å²) in [5, 5.41) is 14.5. The number of pyridine rings is 1. The number of aromatic amines is 1. The molecule has 1 atom stereocenters. The van der Waals surface area contributed by atoms with Crippen LogP contribution in [0.2, 0.25) is 0 Å². The van der Waals surface area contributed by atoms with Gasteiger partial charge in [0.05, 0.1) is 31.4 Å². The third-order valence-electron chi connectivity index (χ3n) is 4.84. The van der Waals surface area contributed by atoms with Crippen LogP contribution < -0.4 is 4.74 Å². The van der Waals surface area contributed by atoms with Crippen molar-refractivity contribution in [3.8, 4) is 12.1 Å². The Labute approximate surface area is 142 Å². The Balaban J connectivity index is 1.69. The fourth-order valence-corrected chi connectivity index (χ4v) is 3.74. The van der Waals surface area contributed by atoms with E-state index in [1.54, 1.807) is 13.3 Å². The van der Waals surface area contributed by atoms with Gasteiger partial charge in [-0.1, -0.05) is 0 Å². The second-order valence-corrected chi connectivity index (χ2v) is 6.21. The highest BCUT2D eigenvalue weighted by molar-refractivity contribution is 6.01. The number of aryl methyl sites for hydroxylation is 1. The van der Waals surface area contributed by atoms with E-state index in [0.717, 1.165) is 40.6 Å². The van der Waals surface area contributed by atoms with Gasteiger partial charge in [0.1, 0.15) is 17.2 Å². The SMILES string of the molecule is COc1nc2cnc3[nH]ccc3c2n1[C@H]1CCc2cc(C#N)nn2C1. The molecule has 0 bridgehead atoms. The van der Waals surface area contributed by atoms with E-state index < -0.39 is 0 Å². The third-order valence-corrected chi connectivity index (χ3v) is 4.84. The molecule has 4 aromatic rings. The van der Waals surface area contributed by atoms with Gasteiger partial charge in [-0.05, 0) is 25.0 Å². The zero-order chi connectivity index (χ0) is 17.0. The van der Waals surface area contributed by atoms with Crippen LogP contribution in [-0.4, -0.2) is 36.4 Å². The average molecular weight is 333 g/mol. The van der Waals surface area contributed by atoms with Crippen molar-refractivity contribution in [3.05, 3.63) is 35.9 Å². The molecule has 0 fully saturated rings. The number of hydrogen-bond acceptors (Lipinski definition) is 5. The molecule has 5 rings (SSSR count). The molecule has 0 aromatic carbocycles. The lowest BCUT2D eigenvalue weighted by Gasteiger charge is -2.26. The standard InChI is InChI=1S/C17H15N7O/c1-25-17-21-14-8-20-16-13(4-5-19-16)15(14)24(17)12-3-2-11-6-10(7-18)22-23(11)9-12/h4-6,8,12H,2-3,9H2,1H3,(H,19,20)/t12-/m0/s1. The average Bonchev–Trinajstić information content (AvgIpc) is 3.34. The maximum Gasteiger partial charge on any atom is 0.297 e. The van der Waals surface area contributed by atoms with Gasteiger partial charge in [0.2, 0.25) is 0 Å². The van der Waals surface area contributed by atoms with E-state index in [0.29, 0.717) is 18.2 Å². The van der Waals surface area contributed by atoms with Crippen molar-refractivity contribution in [2.45, 2.75) is 25.4 Å². The van der Waals surface area contributed by atoms with Gasteiger partial charge in [-0.3, -0.25) is 9.25 Å². The quantitative estimate of drug-likeness (QED) is 0.606. The smallest absolute Gasteiger partial charge is 0.297 e. The highest BCUT2D eigenvalue weighted by atomic mass is 16.5. The van der Waals surface area contributed by atoms with Gasteiger partial charge in [0.15, 0.2) is 5.69 Å². The van der Waals surface area contributed by atoms with Crippen molar-refractivity contribution in [3.63, 3.8) is 0 Å². The fraction of sp³-hybridized carbons (Fsp3) is 0.294. The van der Waals surface area contributed by atoms with Gasteiger partial charge in [0.25, 0.3) is 6.01 Å². The molecule has 0 radical (unpaired) electrons. The van der Waals surface area contributed by atoms with Crippen LogP contribution in [0.15, 0.2) is 24.5 Å². The van der Waals surface area contributed by atoms with Crippen molar-refractivity contribution in [1.82, 2.24) is 29.3 Å². The number of nitrogens with zero attached hydrogens (tertiary/aromatic N) is 6. The Bertz CT molecular complexity index is 1140. The van der Waals surface area contributed by atoms with Crippen LogP contribution in [0.4, 0.5) is 0 Å². The van der Waals surface area contributed by atoms with Crippen molar-refractivity contribution in [2.75, 3.05) is 7.11 Å². The van der Waals surface area contributed by atoms with Gasteiger partial charge >= 0.3 is 0 Å². The minimum atomic E-state index is 0.152. The van der Waals surface area contributed by atoms with E-state index in [4.69, 9.17) is 10.00 Å². The van der Waals surface area contributed by atoms with E-state index in [2.05, 4.69) is 30.7 Å². The number of nitriles is 1.